The Kier molecular flexibility index (Phi) is 4.95. The molecular weight excluding hydrogens is 286 g/mol. The van der Waals surface area contributed by atoms with E-state index >= 15 is 0 Å². The summed E-state index contributed by atoms with van der Waals surface area (Å²) in [6, 6.07) is 2.28. The van der Waals surface area contributed by atoms with E-state index in [0.29, 0.717) is 0 Å². The first kappa shape index (κ1) is 15.8. The summed E-state index contributed by atoms with van der Waals surface area (Å²) < 4.78 is 33.5. The molecule has 9 heteroatoms. The van der Waals surface area contributed by atoms with Crippen LogP contribution >= 0.6 is 0 Å². The van der Waals surface area contributed by atoms with Crippen LogP contribution in [-0.2, 0) is 14.6 Å². The smallest absolute Gasteiger partial charge is 0.341 e. The topological polar surface area (TPSA) is 118 Å². The fraction of sp³-hybridized carbons (Fsp3) is 0.364. The van der Waals surface area contributed by atoms with Crippen molar-refractivity contribution in [1.29, 1.82) is 0 Å². The van der Waals surface area contributed by atoms with Gasteiger partial charge in [0.05, 0.1) is 30.6 Å². The summed E-state index contributed by atoms with van der Waals surface area (Å²) in [7, 11) is -1.20. The first-order valence-electron chi connectivity index (χ1n) is 5.49. The monoisotopic (exact) mass is 299 g/mol. The Morgan fingerprint density at radius 3 is 2.50 bits per heavy atom. The number of benzene rings is 1. The van der Waals surface area contributed by atoms with Gasteiger partial charge in [0.25, 0.3) is 0 Å². The Balaban J connectivity index is 3.72. The first-order valence-corrected chi connectivity index (χ1v) is 7.14. The molecule has 0 bridgehead atoms. The molecule has 0 saturated heterocycles. The van der Waals surface area contributed by atoms with Crippen LogP contribution in [0.25, 0.3) is 10.4 Å². The molecule has 108 valence electrons. The van der Waals surface area contributed by atoms with Crippen molar-refractivity contribution in [1.82, 2.24) is 0 Å². The zero-order valence-corrected chi connectivity index (χ0v) is 12.0. The van der Waals surface area contributed by atoms with Crippen molar-refractivity contribution in [3.63, 3.8) is 0 Å². The van der Waals surface area contributed by atoms with Crippen molar-refractivity contribution in [2.75, 3.05) is 20.0 Å². The minimum Gasteiger partial charge on any atom is -0.496 e. The van der Waals surface area contributed by atoms with Gasteiger partial charge in [-0.05, 0) is 17.7 Å². The van der Waals surface area contributed by atoms with Crippen LogP contribution in [0.15, 0.2) is 22.1 Å². The maximum Gasteiger partial charge on any atom is 0.341 e. The third-order valence-corrected chi connectivity index (χ3v) is 4.31. The molecule has 1 aromatic rings. The van der Waals surface area contributed by atoms with E-state index in [-0.39, 0.29) is 27.6 Å². The second-order valence-corrected chi connectivity index (χ2v) is 5.85. The zero-order chi connectivity index (χ0) is 15.3. The summed E-state index contributed by atoms with van der Waals surface area (Å²) in [6.07, 6.45) is 0. The molecular formula is C11H13N3O5S. The van der Waals surface area contributed by atoms with Gasteiger partial charge in [-0.25, -0.2) is 13.2 Å². The van der Waals surface area contributed by atoms with Crippen molar-refractivity contribution >= 4 is 21.5 Å². The van der Waals surface area contributed by atoms with E-state index in [4.69, 9.17) is 10.3 Å². The zero-order valence-electron chi connectivity index (χ0n) is 11.2. The number of nitrogens with zero attached hydrogens (tertiary/aromatic N) is 3. The maximum atomic E-state index is 12.0. The fourth-order valence-electron chi connectivity index (χ4n) is 1.52. The molecule has 0 aliphatic rings. The molecule has 0 amide bonds. The molecule has 0 aromatic heterocycles. The normalized spacial score (nSPS) is 10.6. The second kappa shape index (κ2) is 6.27. The summed E-state index contributed by atoms with van der Waals surface area (Å²) in [4.78, 5) is 14.0. The SMILES string of the molecule is CCS(=O)(=O)c1cc(C(=O)OC)c(OC)cc1N=[N+]=[N-]. The van der Waals surface area contributed by atoms with Crippen molar-refractivity contribution in [3.8, 4) is 5.75 Å². The number of methoxy groups -OCH3 is 2. The molecule has 0 aliphatic carbocycles. The van der Waals surface area contributed by atoms with Gasteiger partial charge in [0, 0.05) is 4.91 Å². The quantitative estimate of drug-likeness (QED) is 0.357. The molecule has 1 rings (SSSR count). The lowest BCUT2D eigenvalue weighted by Crippen LogP contribution is -2.09. The Bertz CT molecular complexity index is 678. The number of hydrogen-bond acceptors (Lipinski definition) is 6. The number of esters is 1. The number of ether oxygens (including phenoxy) is 2. The van der Waals surface area contributed by atoms with E-state index in [1.54, 1.807) is 0 Å². The first-order chi connectivity index (χ1) is 9.41. The summed E-state index contributed by atoms with van der Waals surface area (Å²) in [5, 5.41) is 3.33. The molecule has 0 radical (unpaired) electrons. The molecule has 0 unspecified atom stereocenters. The molecule has 8 nitrogen and oxygen atoms in total. The van der Waals surface area contributed by atoms with Gasteiger partial charge in [-0.3, -0.25) is 0 Å². The highest BCUT2D eigenvalue weighted by Crippen LogP contribution is 2.33. The second-order valence-electron chi connectivity index (χ2n) is 3.60. The van der Waals surface area contributed by atoms with Gasteiger partial charge in [0.1, 0.15) is 11.3 Å². The summed E-state index contributed by atoms with van der Waals surface area (Å²) >= 11 is 0. The van der Waals surface area contributed by atoms with Crippen LogP contribution in [0.2, 0.25) is 0 Å². The Morgan fingerprint density at radius 2 is 2.05 bits per heavy atom. The van der Waals surface area contributed by atoms with Crippen LogP contribution in [0.1, 0.15) is 17.3 Å². The van der Waals surface area contributed by atoms with Gasteiger partial charge in [-0.2, -0.15) is 0 Å². The Morgan fingerprint density at radius 1 is 1.40 bits per heavy atom. The number of rotatable bonds is 5. The molecule has 0 N–H and O–H groups in total. The highest BCUT2D eigenvalue weighted by atomic mass is 32.2. The average molecular weight is 299 g/mol. The number of carbonyl (C=O) groups excluding carboxylic acids is 1. The molecule has 0 heterocycles. The van der Waals surface area contributed by atoms with E-state index in [1.807, 2.05) is 0 Å². The minimum atomic E-state index is -3.67. The molecule has 0 aliphatic heterocycles. The number of azide groups is 1. The average Bonchev–Trinajstić information content (AvgIpc) is 2.46. The number of carbonyl (C=O) groups is 1. The Hall–Kier alpha value is -2.25. The molecule has 0 spiro atoms. The van der Waals surface area contributed by atoms with Crippen molar-refractivity contribution in [3.05, 3.63) is 28.1 Å². The predicted octanol–water partition coefficient (Wildman–Crippen LogP) is 2.22. The predicted molar refractivity (Wildman–Crippen MR) is 70.9 cm³/mol. The highest BCUT2D eigenvalue weighted by Gasteiger charge is 2.23. The van der Waals surface area contributed by atoms with E-state index in [1.165, 1.54) is 20.1 Å². The standard InChI is InChI=1S/C11H13N3O5S/c1-4-20(16,17)10-5-7(11(15)19-3)9(18-2)6-8(10)13-14-12/h5-6H,4H2,1-3H3. The van der Waals surface area contributed by atoms with Crippen molar-refractivity contribution in [2.24, 2.45) is 5.11 Å². The maximum absolute atomic E-state index is 12.0. The van der Waals surface area contributed by atoms with Crippen LogP contribution in [0.4, 0.5) is 5.69 Å². The van der Waals surface area contributed by atoms with Crippen LogP contribution in [0.5, 0.6) is 5.75 Å². The molecule has 20 heavy (non-hydrogen) atoms. The van der Waals surface area contributed by atoms with Gasteiger partial charge in [0.15, 0.2) is 9.84 Å². The van der Waals surface area contributed by atoms with Crippen LogP contribution in [0, 0.1) is 0 Å². The Labute approximate surface area is 115 Å². The van der Waals surface area contributed by atoms with Crippen LogP contribution in [0.3, 0.4) is 0 Å². The number of hydrogen-bond donors (Lipinski definition) is 0. The summed E-state index contributed by atoms with van der Waals surface area (Å²) in [5.41, 5.74) is 8.32. The van der Waals surface area contributed by atoms with Crippen LogP contribution in [-0.4, -0.2) is 34.4 Å². The van der Waals surface area contributed by atoms with Crippen molar-refractivity contribution in [2.45, 2.75) is 11.8 Å². The van der Waals surface area contributed by atoms with E-state index in [9.17, 15) is 13.2 Å². The largest absolute Gasteiger partial charge is 0.496 e. The molecule has 0 atom stereocenters. The lowest BCUT2D eigenvalue weighted by molar-refractivity contribution is 0.0597. The summed E-state index contributed by atoms with van der Waals surface area (Å²) in [5.74, 6) is -0.885. The lowest BCUT2D eigenvalue weighted by Gasteiger charge is -2.11. The minimum absolute atomic E-state index is 0.0566. The van der Waals surface area contributed by atoms with Gasteiger partial charge < -0.3 is 9.47 Å². The molecule has 1 aromatic carbocycles. The van der Waals surface area contributed by atoms with E-state index in [2.05, 4.69) is 14.8 Å². The molecule has 0 saturated carbocycles. The van der Waals surface area contributed by atoms with Crippen LogP contribution < -0.4 is 4.74 Å². The third-order valence-electron chi connectivity index (χ3n) is 2.55. The number of sulfone groups is 1. The van der Waals surface area contributed by atoms with Gasteiger partial charge in [-0.1, -0.05) is 12.0 Å². The van der Waals surface area contributed by atoms with Gasteiger partial charge in [-0.15, -0.1) is 0 Å². The van der Waals surface area contributed by atoms with Gasteiger partial charge >= 0.3 is 5.97 Å². The highest BCUT2D eigenvalue weighted by molar-refractivity contribution is 7.91. The fourth-order valence-corrected chi connectivity index (χ4v) is 2.55. The third kappa shape index (κ3) is 3.01. The van der Waals surface area contributed by atoms with Gasteiger partial charge in [0.2, 0.25) is 0 Å². The van der Waals surface area contributed by atoms with E-state index < -0.39 is 15.8 Å². The lowest BCUT2D eigenvalue weighted by atomic mass is 10.2. The van der Waals surface area contributed by atoms with Crippen molar-refractivity contribution < 1.29 is 22.7 Å². The summed E-state index contributed by atoms with van der Waals surface area (Å²) in [6.45, 7) is 1.44. The van der Waals surface area contributed by atoms with E-state index in [0.717, 1.165) is 13.2 Å². The molecule has 0 fully saturated rings.